The van der Waals surface area contributed by atoms with E-state index in [1.165, 1.54) is 29.9 Å². The van der Waals surface area contributed by atoms with E-state index in [4.69, 9.17) is 11.6 Å². The molecule has 1 fully saturated rings. The van der Waals surface area contributed by atoms with Gasteiger partial charge in [-0.2, -0.15) is 0 Å². The number of anilines is 2. The first-order chi connectivity index (χ1) is 12.0. The second kappa shape index (κ2) is 7.70. The Labute approximate surface area is 151 Å². The SMILES string of the molecule is CN(Cc1c(F)cccc1Cl)C(=O)Nc1ccc(N2CCCC2)nc1. The van der Waals surface area contributed by atoms with Crippen molar-refractivity contribution in [3.8, 4) is 0 Å². The second-order valence-electron chi connectivity index (χ2n) is 6.09. The van der Waals surface area contributed by atoms with E-state index in [-0.39, 0.29) is 12.6 Å². The number of amides is 2. The number of carbonyl (C=O) groups excluding carboxylic acids is 1. The van der Waals surface area contributed by atoms with E-state index in [1.807, 2.05) is 12.1 Å². The Balaban J connectivity index is 1.61. The molecular weight excluding hydrogens is 343 g/mol. The van der Waals surface area contributed by atoms with Crippen LogP contribution in [0.15, 0.2) is 36.5 Å². The highest BCUT2D eigenvalue weighted by Crippen LogP contribution is 2.21. The number of carbonyl (C=O) groups is 1. The maximum atomic E-state index is 13.8. The molecule has 5 nitrogen and oxygen atoms in total. The van der Waals surface area contributed by atoms with Crippen LogP contribution in [0.5, 0.6) is 0 Å². The number of nitrogens with zero attached hydrogens (tertiary/aromatic N) is 3. The van der Waals surface area contributed by atoms with Crippen LogP contribution in [0.3, 0.4) is 0 Å². The molecule has 25 heavy (non-hydrogen) atoms. The van der Waals surface area contributed by atoms with Crippen molar-refractivity contribution in [3.63, 3.8) is 0 Å². The quantitative estimate of drug-likeness (QED) is 0.889. The fourth-order valence-corrected chi connectivity index (χ4v) is 3.03. The van der Waals surface area contributed by atoms with E-state index in [2.05, 4.69) is 15.2 Å². The first-order valence-electron chi connectivity index (χ1n) is 8.20. The normalized spacial score (nSPS) is 13.8. The van der Waals surface area contributed by atoms with Gasteiger partial charge in [-0.1, -0.05) is 17.7 Å². The molecule has 132 valence electrons. The molecule has 0 radical (unpaired) electrons. The average Bonchev–Trinajstić information content (AvgIpc) is 3.13. The van der Waals surface area contributed by atoms with E-state index in [9.17, 15) is 9.18 Å². The summed E-state index contributed by atoms with van der Waals surface area (Å²) in [6.45, 7) is 2.12. The molecule has 7 heteroatoms. The number of hydrogen-bond donors (Lipinski definition) is 1. The van der Waals surface area contributed by atoms with E-state index in [0.717, 1.165) is 18.9 Å². The molecule has 0 bridgehead atoms. The van der Waals surface area contributed by atoms with Crippen molar-refractivity contribution >= 4 is 29.1 Å². The predicted octanol–water partition coefficient (Wildman–Crippen LogP) is 4.14. The number of benzene rings is 1. The Hall–Kier alpha value is -2.34. The number of nitrogens with one attached hydrogen (secondary N) is 1. The summed E-state index contributed by atoms with van der Waals surface area (Å²) in [6.07, 6.45) is 4.00. The van der Waals surface area contributed by atoms with Crippen LogP contribution in [-0.4, -0.2) is 36.1 Å². The van der Waals surface area contributed by atoms with Crippen molar-refractivity contribution < 1.29 is 9.18 Å². The Morgan fingerprint density at radius 1 is 1.32 bits per heavy atom. The van der Waals surface area contributed by atoms with Crippen LogP contribution in [0.25, 0.3) is 0 Å². The molecule has 0 unspecified atom stereocenters. The summed E-state index contributed by atoms with van der Waals surface area (Å²) in [4.78, 5) is 20.3. The highest BCUT2D eigenvalue weighted by molar-refractivity contribution is 6.31. The first-order valence-corrected chi connectivity index (χ1v) is 8.58. The summed E-state index contributed by atoms with van der Waals surface area (Å²) in [5, 5.41) is 3.06. The first kappa shape index (κ1) is 17.5. The van der Waals surface area contributed by atoms with Crippen molar-refractivity contribution in [1.29, 1.82) is 0 Å². The van der Waals surface area contributed by atoms with Gasteiger partial charge in [-0.05, 0) is 37.1 Å². The number of rotatable bonds is 4. The third-order valence-electron chi connectivity index (χ3n) is 4.23. The predicted molar refractivity (Wildman–Crippen MR) is 97.6 cm³/mol. The van der Waals surface area contributed by atoms with Gasteiger partial charge in [0.05, 0.1) is 18.4 Å². The molecule has 0 spiro atoms. The zero-order valence-electron chi connectivity index (χ0n) is 14.0. The number of pyridine rings is 1. The van der Waals surface area contributed by atoms with Crippen molar-refractivity contribution in [1.82, 2.24) is 9.88 Å². The number of aromatic nitrogens is 1. The lowest BCUT2D eigenvalue weighted by Gasteiger charge is -2.20. The van der Waals surface area contributed by atoms with Gasteiger partial charge in [-0.25, -0.2) is 14.2 Å². The van der Waals surface area contributed by atoms with Crippen molar-refractivity contribution in [2.75, 3.05) is 30.4 Å². The van der Waals surface area contributed by atoms with E-state index >= 15 is 0 Å². The van der Waals surface area contributed by atoms with Crippen molar-refractivity contribution in [2.24, 2.45) is 0 Å². The van der Waals surface area contributed by atoms with Gasteiger partial charge in [0.15, 0.2) is 0 Å². The Morgan fingerprint density at radius 3 is 2.72 bits per heavy atom. The molecule has 0 aliphatic carbocycles. The standard InChI is InChI=1S/C18H20ClFN4O/c1-23(12-14-15(19)5-4-6-16(14)20)18(25)22-13-7-8-17(21-11-13)24-9-2-3-10-24/h4-8,11H,2-3,9-10,12H2,1H3,(H,22,25). The molecule has 1 N–H and O–H groups in total. The molecule has 2 amide bonds. The van der Waals surface area contributed by atoms with Gasteiger partial charge >= 0.3 is 6.03 Å². The number of halogens is 2. The van der Waals surface area contributed by atoms with Crippen molar-refractivity contribution in [2.45, 2.75) is 19.4 Å². The van der Waals surface area contributed by atoms with Gasteiger partial charge < -0.3 is 15.1 Å². The Morgan fingerprint density at radius 2 is 2.08 bits per heavy atom. The Kier molecular flexibility index (Phi) is 5.38. The molecular formula is C18H20ClFN4O. The van der Waals surface area contributed by atoms with Crippen LogP contribution < -0.4 is 10.2 Å². The lowest BCUT2D eigenvalue weighted by molar-refractivity contribution is 0.220. The van der Waals surface area contributed by atoms with Crippen LogP contribution in [0.4, 0.5) is 20.7 Å². The number of hydrogen-bond acceptors (Lipinski definition) is 3. The monoisotopic (exact) mass is 362 g/mol. The zero-order chi connectivity index (χ0) is 17.8. The molecule has 1 saturated heterocycles. The fourth-order valence-electron chi connectivity index (χ4n) is 2.80. The Bertz CT molecular complexity index is 727. The third kappa shape index (κ3) is 4.20. The maximum absolute atomic E-state index is 13.8. The molecule has 1 aromatic carbocycles. The molecule has 0 saturated carbocycles. The van der Waals surface area contributed by atoms with Gasteiger partial charge in [0.2, 0.25) is 0 Å². The lowest BCUT2D eigenvalue weighted by atomic mass is 10.2. The molecule has 1 aliphatic rings. The van der Waals surface area contributed by atoms with Crippen LogP contribution in [0, 0.1) is 5.82 Å². The minimum absolute atomic E-state index is 0.0800. The van der Waals surface area contributed by atoms with Crippen LogP contribution >= 0.6 is 11.6 Å². The molecule has 1 aromatic heterocycles. The summed E-state index contributed by atoms with van der Waals surface area (Å²) < 4.78 is 13.8. The summed E-state index contributed by atoms with van der Waals surface area (Å²) in [5.41, 5.74) is 0.892. The van der Waals surface area contributed by atoms with Crippen LogP contribution in [0.2, 0.25) is 5.02 Å². The van der Waals surface area contributed by atoms with Crippen LogP contribution in [0.1, 0.15) is 18.4 Å². The largest absolute Gasteiger partial charge is 0.357 e. The van der Waals surface area contributed by atoms with Gasteiger partial charge in [0, 0.05) is 30.7 Å². The smallest absolute Gasteiger partial charge is 0.321 e. The highest BCUT2D eigenvalue weighted by Gasteiger charge is 2.16. The molecule has 0 atom stereocenters. The third-order valence-corrected chi connectivity index (χ3v) is 4.59. The average molecular weight is 363 g/mol. The van der Waals surface area contributed by atoms with Crippen LogP contribution in [-0.2, 0) is 6.54 Å². The molecule has 2 heterocycles. The maximum Gasteiger partial charge on any atom is 0.321 e. The number of urea groups is 1. The zero-order valence-corrected chi connectivity index (χ0v) is 14.8. The minimum Gasteiger partial charge on any atom is -0.357 e. The van der Waals surface area contributed by atoms with Gasteiger partial charge in [-0.15, -0.1) is 0 Å². The second-order valence-corrected chi connectivity index (χ2v) is 6.49. The van der Waals surface area contributed by atoms with Gasteiger partial charge in [-0.3, -0.25) is 0 Å². The van der Waals surface area contributed by atoms with Crippen molar-refractivity contribution in [3.05, 3.63) is 52.9 Å². The van der Waals surface area contributed by atoms with Gasteiger partial charge in [0.25, 0.3) is 0 Å². The lowest BCUT2D eigenvalue weighted by Crippen LogP contribution is -2.31. The van der Waals surface area contributed by atoms with Gasteiger partial charge in [0.1, 0.15) is 11.6 Å². The summed E-state index contributed by atoms with van der Waals surface area (Å²) >= 11 is 6.01. The summed E-state index contributed by atoms with van der Waals surface area (Å²) in [6, 6.07) is 7.84. The topological polar surface area (TPSA) is 48.5 Å². The highest BCUT2D eigenvalue weighted by atomic mass is 35.5. The summed E-state index contributed by atoms with van der Waals surface area (Å²) in [7, 11) is 1.59. The molecule has 1 aliphatic heterocycles. The molecule has 3 rings (SSSR count). The summed E-state index contributed by atoms with van der Waals surface area (Å²) in [5.74, 6) is 0.491. The van der Waals surface area contributed by atoms with E-state index in [1.54, 1.807) is 19.3 Å². The molecule has 2 aromatic rings. The fraction of sp³-hybridized carbons (Fsp3) is 0.333. The minimum atomic E-state index is -0.427. The van der Waals surface area contributed by atoms with E-state index in [0.29, 0.717) is 16.3 Å². The van der Waals surface area contributed by atoms with E-state index < -0.39 is 5.82 Å².